The van der Waals surface area contributed by atoms with Gasteiger partial charge in [-0.1, -0.05) is 6.92 Å². The number of carbonyl (C=O) groups is 1. The number of likely N-dealkylation sites (N-methyl/N-ethyl adjacent to an activating group) is 1. The van der Waals surface area contributed by atoms with Crippen LogP contribution in [0.25, 0.3) is 0 Å². The van der Waals surface area contributed by atoms with Crippen molar-refractivity contribution in [3.8, 4) is 0 Å². The molecule has 90 valence electrons. The molecule has 5 nitrogen and oxygen atoms in total. The van der Waals surface area contributed by atoms with Gasteiger partial charge in [0.2, 0.25) is 0 Å². The average molecular weight is 225 g/mol. The number of esters is 1. The standard InChI is InChI=1S/C11H19N3O2/c1-5-12-10(11(15)16-6-2)9-7-14(4)13-8(9)3/h7,10,12H,5-6H2,1-4H3. The first kappa shape index (κ1) is 12.7. The number of hydrogen-bond donors (Lipinski definition) is 1. The normalized spacial score (nSPS) is 12.5. The maximum Gasteiger partial charge on any atom is 0.327 e. The summed E-state index contributed by atoms with van der Waals surface area (Å²) in [4.78, 5) is 11.8. The molecule has 5 heteroatoms. The fourth-order valence-electron chi connectivity index (χ4n) is 1.65. The Hall–Kier alpha value is -1.36. The van der Waals surface area contributed by atoms with Crippen LogP contribution in [0.3, 0.4) is 0 Å². The summed E-state index contributed by atoms with van der Waals surface area (Å²) in [6, 6.07) is -0.418. The molecule has 0 aliphatic heterocycles. The van der Waals surface area contributed by atoms with Gasteiger partial charge in [0.15, 0.2) is 0 Å². The first-order valence-electron chi connectivity index (χ1n) is 5.50. The number of rotatable bonds is 5. The summed E-state index contributed by atoms with van der Waals surface area (Å²) in [5, 5.41) is 7.34. The zero-order valence-corrected chi connectivity index (χ0v) is 10.3. The molecule has 1 heterocycles. The van der Waals surface area contributed by atoms with Gasteiger partial charge in [-0.25, -0.2) is 4.79 Å². The van der Waals surface area contributed by atoms with Gasteiger partial charge in [-0.15, -0.1) is 0 Å². The molecule has 0 aliphatic carbocycles. The second-order valence-electron chi connectivity index (χ2n) is 3.59. The molecule has 0 saturated carbocycles. The lowest BCUT2D eigenvalue weighted by Gasteiger charge is -2.15. The van der Waals surface area contributed by atoms with Gasteiger partial charge in [-0.2, -0.15) is 5.10 Å². The Morgan fingerprint density at radius 3 is 2.75 bits per heavy atom. The third kappa shape index (κ3) is 2.82. The molecule has 0 amide bonds. The predicted octanol–water partition coefficient (Wildman–Crippen LogP) is 0.942. The number of carbonyl (C=O) groups excluding carboxylic acids is 1. The van der Waals surface area contributed by atoms with Crippen LogP contribution in [0.15, 0.2) is 6.20 Å². The minimum absolute atomic E-state index is 0.250. The lowest BCUT2D eigenvalue weighted by molar-refractivity contribution is -0.145. The second kappa shape index (κ2) is 5.65. The fourth-order valence-corrected chi connectivity index (χ4v) is 1.65. The van der Waals surface area contributed by atoms with E-state index in [0.29, 0.717) is 13.2 Å². The molecule has 0 aromatic carbocycles. The molecule has 1 aromatic heterocycles. The van der Waals surface area contributed by atoms with E-state index in [-0.39, 0.29) is 5.97 Å². The quantitative estimate of drug-likeness (QED) is 0.758. The lowest BCUT2D eigenvalue weighted by Crippen LogP contribution is -2.30. The van der Waals surface area contributed by atoms with Crippen LogP contribution in [-0.2, 0) is 16.6 Å². The van der Waals surface area contributed by atoms with E-state index in [0.717, 1.165) is 11.3 Å². The highest BCUT2D eigenvalue weighted by Crippen LogP contribution is 2.17. The molecule has 0 spiro atoms. The highest BCUT2D eigenvalue weighted by Gasteiger charge is 2.24. The molecule has 1 atom stereocenters. The molecular weight excluding hydrogens is 206 g/mol. The van der Waals surface area contributed by atoms with Crippen molar-refractivity contribution in [1.82, 2.24) is 15.1 Å². The number of nitrogens with zero attached hydrogens (tertiary/aromatic N) is 2. The van der Waals surface area contributed by atoms with Gasteiger partial charge in [0.1, 0.15) is 6.04 Å². The van der Waals surface area contributed by atoms with E-state index in [9.17, 15) is 4.79 Å². The summed E-state index contributed by atoms with van der Waals surface area (Å²) in [7, 11) is 1.84. The fraction of sp³-hybridized carbons (Fsp3) is 0.636. The van der Waals surface area contributed by atoms with E-state index >= 15 is 0 Å². The first-order valence-corrected chi connectivity index (χ1v) is 5.50. The molecule has 0 saturated heterocycles. The number of aromatic nitrogens is 2. The Bertz CT molecular complexity index is 360. The summed E-state index contributed by atoms with van der Waals surface area (Å²) in [6.07, 6.45) is 1.85. The summed E-state index contributed by atoms with van der Waals surface area (Å²) < 4.78 is 6.74. The van der Waals surface area contributed by atoms with Crippen molar-refractivity contribution in [2.24, 2.45) is 7.05 Å². The van der Waals surface area contributed by atoms with E-state index in [1.54, 1.807) is 11.6 Å². The molecule has 0 radical (unpaired) electrons. The Labute approximate surface area is 95.8 Å². The Kier molecular flexibility index (Phi) is 4.49. The molecule has 16 heavy (non-hydrogen) atoms. The molecule has 1 unspecified atom stereocenters. The van der Waals surface area contributed by atoms with Crippen LogP contribution in [0.2, 0.25) is 0 Å². The molecule has 0 bridgehead atoms. The van der Waals surface area contributed by atoms with E-state index in [1.807, 2.05) is 27.1 Å². The smallest absolute Gasteiger partial charge is 0.327 e. The van der Waals surface area contributed by atoms with Crippen LogP contribution in [0.4, 0.5) is 0 Å². The monoisotopic (exact) mass is 225 g/mol. The third-order valence-electron chi connectivity index (χ3n) is 2.29. The highest BCUT2D eigenvalue weighted by atomic mass is 16.5. The maximum atomic E-state index is 11.8. The largest absolute Gasteiger partial charge is 0.465 e. The van der Waals surface area contributed by atoms with Gasteiger partial charge >= 0.3 is 5.97 Å². The number of ether oxygens (including phenoxy) is 1. The minimum Gasteiger partial charge on any atom is -0.465 e. The van der Waals surface area contributed by atoms with Gasteiger partial charge in [0.25, 0.3) is 0 Å². The second-order valence-corrected chi connectivity index (χ2v) is 3.59. The SMILES string of the molecule is CCNC(C(=O)OCC)c1cn(C)nc1C. The van der Waals surface area contributed by atoms with Gasteiger partial charge < -0.3 is 10.1 Å². The van der Waals surface area contributed by atoms with Crippen LogP contribution < -0.4 is 5.32 Å². The molecular formula is C11H19N3O2. The maximum absolute atomic E-state index is 11.8. The van der Waals surface area contributed by atoms with Crippen LogP contribution in [-0.4, -0.2) is 28.9 Å². The number of aryl methyl sites for hydroxylation is 2. The minimum atomic E-state index is -0.418. The predicted molar refractivity (Wildman–Crippen MR) is 61.0 cm³/mol. The van der Waals surface area contributed by atoms with E-state index in [1.165, 1.54) is 0 Å². The Balaban J connectivity index is 2.92. The molecule has 1 N–H and O–H groups in total. The average Bonchev–Trinajstić information content (AvgIpc) is 2.54. The van der Waals surface area contributed by atoms with Gasteiger partial charge in [0, 0.05) is 18.8 Å². The van der Waals surface area contributed by atoms with Gasteiger partial charge in [0.05, 0.1) is 12.3 Å². The Morgan fingerprint density at radius 2 is 2.31 bits per heavy atom. The zero-order chi connectivity index (χ0) is 12.1. The Morgan fingerprint density at radius 1 is 1.62 bits per heavy atom. The molecule has 1 rings (SSSR count). The molecule has 0 fully saturated rings. The van der Waals surface area contributed by atoms with E-state index in [4.69, 9.17) is 4.74 Å². The van der Waals surface area contributed by atoms with Gasteiger partial charge in [-0.05, 0) is 20.4 Å². The van der Waals surface area contributed by atoms with Crippen molar-refractivity contribution in [1.29, 1.82) is 0 Å². The summed E-state index contributed by atoms with van der Waals surface area (Å²) in [6.45, 7) is 6.74. The topological polar surface area (TPSA) is 56.1 Å². The van der Waals surface area contributed by atoms with Crippen LogP contribution >= 0.6 is 0 Å². The third-order valence-corrected chi connectivity index (χ3v) is 2.29. The summed E-state index contributed by atoms with van der Waals surface area (Å²) in [5.74, 6) is -0.250. The number of nitrogens with one attached hydrogen (secondary N) is 1. The van der Waals surface area contributed by atoms with Crippen molar-refractivity contribution in [2.75, 3.05) is 13.2 Å². The van der Waals surface area contributed by atoms with Crippen molar-refractivity contribution in [2.45, 2.75) is 26.8 Å². The van der Waals surface area contributed by atoms with E-state index < -0.39 is 6.04 Å². The van der Waals surface area contributed by atoms with E-state index in [2.05, 4.69) is 10.4 Å². The molecule has 0 aliphatic rings. The number of hydrogen-bond acceptors (Lipinski definition) is 4. The zero-order valence-electron chi connectivity index (χ0n) is 10.3. The first-order chi connectivity index (χ1) is 7.60. The summed E-state index contributed by atoms with van der Waals surface area (Å²) >= 11 is 0. The highest BCUT2D eigenvalue weighted by molar-refractivity contribution is 5.77. The van der Waals surface area contributed by atoms with Gasteiger partial charge in [-0.3, -0.25) is 4.68 Å². The van der Waals surface area contributed by atoms with Crippen LogP contribution in [0, 0.1) is 6.92 Å². The molecule has 1 aromatic rings. The van der Waals surface area contributed by atoms with Crippen molar-refractivity contribution >= 4 is 5.97 Å². The van der Waals surface area contributed by atoms with Crippen molar-refractivity contribution in [3.63, 3.8) is 0 Å². The van der Waals surface area contributed by atoms with Crippen molar-refractivity contribution < 1.29 is 9.53 Å². The van der Waals surface area contributed by atoms with Crippen LogP contribution in [0.5, 0.6) is 0 Å². The summed E-state index contributed by atoms with van der Waals surface area (Å²) in [5.41, 5.74) is 1.73. The van der Waals surface area contributed by atoms with Crippen LogP contribution in [0.1, 0.15) is 31.1 Å². The van der Waals surface area contributed by atoms with Crippen molar-refractivity contribution in [3.05, 3.63) is 17.5 Å². The lowest BCUT2D eigenvalue weighted by atomic mass is 10.1.